The summed E-state index contributed by atoms with van der Waals surface area (Å²) in [6.07, 6.45) is 5.47. The third kappa shape index (κ3) is 4.54. The maximum Gasteiger partial charge on any atom is 0.260 e. The Hall–Kier alpha value is -1.95. The van der Waals surface area contributed by atoms with Crippen LogP contribution in [-0.2, 0) is 9.59 Å². The van der Waals surface area contributed by atoms with E-state index in [-0.39, 0.29) is 29.8 Å². The highest BCUT2D eigenvalue weighted by atomic mass is 32.2. The number of benzene rings is 1. The number of thioether (sulfide) groups is 1. The van der Waals surface area contributed by atoms with E-state index in [1.807, 2.05) is 49.2 Å². The molecule has 0 bridgehead atoms. The zero-order chi connectivity index (χ0) is 20.3. The Labute approximate surface area is 171 Å². The van der Waals surface area contributed by atoms with E-state index in [1.54, 1.807) is 18.9 Å². The van der Waals surface area contributed by atoms with E-state index in [1.165, 1.54) is 0 Å². The first-order valence-corrected chi connectivity index (χ1v) is 10.9. The van der Waals surface area contributed by atoms with E-state index in [4.69, 9.17) is 4.74 Å². The molecule has 2 fully saturated rings. The van der Waals surface area contributed by atoms with Crippen LogP contribution in [0.15, 0.2) is 29.2 Å². The molecule has 4 atom stereocenters. The van der Waals surface area contributed by atoms with Crippen molar-refractivity contribution in [2.24, 2.45) is 5.92 Å². The summed E-state index contributed by atoms with van der Waals surface area (Å²) in [4.78, 5) is 28.1. The molecular weight excluding hydrogens is 372 g/mol. The molecule has 1 saturated carbocycles. The molecule has 28 heavy (non-hydrogen) atoms. The number of hydrogen-bond donors (Lipinski definition) is 1. The summed E-state index contributed by atoms with van der Waals surface area (Å²) in [6, 6.07) is 8.04. The van der Waals surface area contributed by atoms with Gasteiger partial charge in [0.2, 0.25) is 5.91 Å². The standard InChI is InChI=1S/C22H30N2O3S/c1-5-14(2)23-21(25)16-8-11-19-18(13-16)24(3)22(26)20(28-19)12-15-6-9-17(27-4)10-7-15/h6-7,9-10,12,14,16,18-19H,5,8,11,13H2,1-4H3,(H,23,25)/b20-12-. The van der Waals surface area contributed by atoms with Gasteiger partial charge in [0, 0.05) is 30.3 Å². The number of likely N-dealkylation sites (N-methyl/N-ethyl adjacent to an activating group) is 1. The Morgan fingerprint density at radius 3 is 2.71 bits per heavy atom. The molecule has 1 saturated heterocycles. The second kappa shape index (κ2) is 9.03. The lowest BCUT2D eigenvalue weighted by atomic mass is 9.83. The third-order valence-corrected chi connectivity index (χ3v) is 7.25. The maximum absolute atomic E-state index is 12.9. The van der Waals surface area contributed by atoms with Gasteiger partial charge in [0.25, 0.3) is 5.91 Å². The molecule has 1 aliphatic carbocycles. The average Bonchev–Trinajstić information content (AvgIpc) is 2.72. The molecule has 1 N–H and O–H groups in total. The van der Waals surface area contributed by atoms with Crippen molar-refractivity contribution in [3.8, 4) is 5.75 Å². The average molecular weight is 403 g/mol. The van der Waals surface area contributed by atoms with Gasteiger partial charge in [-0.2, -0.15) is 0 Å². The minimum atomic E-state index is -0.00165. The van der Waals surface area contributed by atoms with Gasteiger partial charge in [-0.3, -0.25) is 9.59 Å². The van der Waals surface area contributed by atoms with Crippen molar-refractivity contribution in [3.63, 3.8) is 0 Å². The number of carbonyl (C=O) groups excluding carboxylic acids is 2. The van der Waals surface area contributed by atoms with Crippen molar-refractivity contribution in [1.82, 2.24) is 10.2 Å². The summed E-state index contributed by atoms with van der Waals surface area (Å²) >= 11 is 1.67. The van der Waals surface area contributed by atoms with Crippen LogP contribution in [0.2, 0.25) is 0 Å². The van der Waals surface area contributed by atoms with Gasteiger partial charge < -0.3 is 15.0 Å². The van der Waals surface area contributed by atoms with Crippen molar-refractivity contribution in [3.05, 3.63) is 34.7 Å². The second-order valence-electron chi connectivity index (χ2n) is 7.75. The van der Waals surface area contributed by atoms with Gasteiger partial charge in [0.05, 0.1) is 12.0 Å². The predicted octanol–water partition coefficient (Wildman–Crippen LogP) is 3.69. The quantitative estimate of drug-likeness (QED) is 0.763. The Bertz CT molecular complexity index is 747. The summed E-state index contributed by atoms with van der Waals surface area (Å²) < 4.78 is 5.19. The first-order valence-electron chi connectivity index (χ1n) is 10.0. The molecule has 1 heterocycles. The number of ether oxygens (including phenoxy) is 1. The molecule has 6 heteroatoms. The minimum absolute atomic E-state index is 0.00165. The van der Waals surface area contributed by atoms with Gasteiger partial charge in [-0.05, 0) is 56.4 Å². The topological polar surface area (TPSA) is 58.6 Å². The maximum atomic E-state index is 12.9. The highest BCUT2D eigenvalue weighted by molar-refractivity contribution is 8.04. The molecule has 1 aromatic rings. The molecule has 3 rings (SSSR count). The minimum Gasteiger partial charge on any atom is -0.497 e. The van der Waals surface area contributed by atoms with Crippen molar-refractivity contribution >= 4 is 29.7 Å². The van der Waals surface area contributed by atoms with E-state index in [0.717, 1.165) is 41.9 Å². The Morgan fingerprint density at radius 2 is 2.07 bits per heavy atom. The number of hydrogen-bond acceptors (Lipinski definition) is 4. The Morgan fingerprint density at radius 1 is 1.36 bits per heavy atom. The highest BCUT2D eigenvalue weighted by Gasteiger charge is 2.42. The molecule has 5 nitrogen and oxygen atoms in total. The fourth-order valence-electron chi connectivity index (χ4n) is 3.85. The van der Waals surface area contributed by atoms with Crippen LogP contribution in [0.25, 0.3) is 6.08 Å². The van der Waals surface area contributed by atoms with Crippen LogP contribution >= 0.6 is 11.8 Å². The van der Waals surface area contributed by atoms with Crippen molar-refractivity contribution < 1.29 is 14.3 Å². The molecule has 1 aromatic carbocycles. The van der Waals surface area contributed by atoms with Crippen molar-refractivity contribution in [1.29, 1.82) is 0 Å². The first-order chi connectivity index (χ1) is 13.4. The summed E-state index contributed by atoms with van der Waals surface area (Å²) in [5.41, 5.74) is 0.991. The summed E-state index contributed by atoms with van der Waals surface area (Å²) in [5, 5.41) is 3.45. The van der Waals surface area contributed by atoms with Crippen LogP contribution in [-0.4, -0.2) is 48.2 Å². The van der Waals surface area contributed by atoms with Gasteiger partial charge in [-0.25, -0.2) is 0 Å². The van der Waals surface area contributed by atoms with Gasteiger partial charge in [-0.15, -0.1) is 11.8 Å². The van der Waals surface area contributed by atoms with Gasteiger partial charge in [0.1, 0.15) is 5.75 Å². The smallest absolute Gasteiger partial charge is 0.260 e. The third-order valence-electron chi connectivity index (χ3n) is 5.85. The lowest BCUT2D eigenvalue weighted by molar-refractivity contribution is -0.132. The summed E-state index contributed by atoms with van der Waals surface area (Å²) in [6.45, 7) is 4.11. The summed E-state index contributed by atoms with van der Waals surface area (Å²) in [5.74, 6) is 0.984. The molecule has 0 aromatic heterocycles. The second-order valence-corrected chi connectivity index (χ2v) is 9.03. The monoisotopic (exact) mass is 402 g/mol. The summed E-state index contributed by atoms with van der Waals surface area (Å²) in [7, 11) is 3.51. The molecule has 0 radical (unpaired) electrons. The number of fused-ring (bicyclic) bond motifs is 1. The number of nitrogens with zero attached hydrogens (tertiary/aromatic N) is 1. The highest BCUT2D eigenvalue weighted by Crippen LogP contribution is 2.43. The van der Waals surface area contributed by atoms with Crippen LogP contribution in [0.1, 0.15) is 45.1 Å². The van der Waals surface area contributed by atoms with Gasteiger partial charge in [-0.1, -0.05) is 19.1 Å². The molecule has 4 unspecified atom stereocenters. The van der Waals surface area contributed by atoms with E-state index in [2.05, 4.69) is 12.2 Å². The van der Waals surface area contributed by atoms with Gasteiger partial charge in [0.15, 0.2) is 0 Å². The molecule has 0 spiro atoms. The lowest BCUT2D eigenvalue weighted by Gasteiger charge is -2.44. The van der Waals surface area contributed by atoms with Crippen molar-refractivity contribution in [2.75, 3.05) is 14.2 Å². The first kappa shape index (κ1) is 20.8. The Kier molecular flexibility index (Phi) is 6.70. The number of rotatable bonds is 5. The molecule has 2 aliphatic rings. The SMILES string of the molecule is CCC(C)NC(=O)C1CCC2S/C(=C\c3ccc(OC)cc3)C(=O)N(C)C2C1. The molecule has 2 amide bonds. The fraction of sp³-hybridized carbons (Fsp3) is 0.545. The van der Waals surface area contributed by atoms with E-state index in [0.29, 0.717) is 5.25 Å². The lowest BCUT2D eigenvalue weighted by Crippen LogP contribution is -2.52. The number of carbonyl (C=O) groups is 2. The van der Waals surface area contributed by atoms with Crippen LogP contribution in [0, 0.1) is 5.92 Å². The molecule has 152 valence electrons. The van der Waals surface area contributed by atoms with Crippen LogP contribution in [0.3, 0.4) is 0 Å². The van der Waals surface area contributed by atoms with E-state index < -0.39 is 0 Å². The van der Waals surface area contributed by atoms with Gasteiger partial charge >= 0.3 is 0 Å². The van der Waals surface area contributed by atoms with E-state index >= 15 is 0 Å². The van der Waals surface area contributed by atoms with Crippen molar-refractivity contribution in [2.45, 2.75) is 56.9 Å². The zero-order valence-electron chi connectivity index (χ0n) is 17.1. The largest absolute Gasteiger partial charge is 0.497 e. The number of amides is 2. The molecular formula is C22H30N2O3S. The van der Waals surface area contributed by atoms with Crippen LogP contribution in [0.5, 0.6) is 5.75 Å². The Balaban J connectivity index is 1.69. The van der Waals surface area contributed by atoms with Crippen LogP contribution in [0.4, 0.5) is 0 Å². The normalized spacial score (nSPS) is 27.3. The molecule has 1 aliphatic heterocycles. The van der Waals surface area contributed by atoms with E-state index in [9.17, 15) is 9.59 Å². The predicted molar refractivity (Wildman–Crippen MR) is 114 cm³/mol. The van der Waals surface area contributed by atoms with Crippen LogP contribution < -0.4 is 10.1 Å². The number of nitrogens with one attached hydrogen (secondary N) is 1. The zero-order valence-corrected chi connectivity index (χ0v) is 17.9. The number of methoxy groups -OCH3 is 1. The fourth-order valence-corrected chi connectivity index (χ4v) is 5.33.